The normalized spacial score (nSPS) is 11.5. The number of hydrogen-bond donors (Lipinski definition) is 1. The SMILES string of the molecule is CCCC[NH+](C)CC.CCc1ccccc1. The van der Waals surface area contributed by atoms with Gasteiger partial charge in [0.25, 0.3) is 0 Å². The summed E-state index contributed by atoms with van der Waals surface area (Å²) >= 11 is 0. The predicted octanol–water partition coefficient (Wildman–Crippen LogP) is 2.57. The molecule has 0 aliphatic carbocycles. The molecule has 1 nitrogen and oxygen atoms in total. The minimum atomic E-state index is 1.14. The summed E-state index contributed by atoms with van der Waals surface area (Å²) in [5, 5.41) is 0. The quantitative estimate of drug-likeness (QED) is 0.781. The fraction of sp³-hybridized carbons (Fsp3) is 0.600. The highest BCUT2D eigenvalue weighted by molar-refractivity contribution is 5.13. The first-order valence-corrected chi connectivity index (χ1v) is 6.59. The molecule has 0 spiro atoms. The van der Waals surface area contributed by atoms with Crippen molar-refractivity contribution in [2.24, 2.45) is 0 Å². The van der Waals surface area contributed by atoms with E-state index in [4.69, 9.17) is 0 Å². The number of nitrogens with one attached hydrogen (secondary N) is 1. The number of benzene rings is 1. The van der Waals surface area contributed by atoms with E-state index in [9.17, 15) is 0 Å². The Morgan fingerprint density at radius 3 is 2.00 bits per heavy atom. The van der Waals surface area contributed by atoms with Crippen LogP contribution < -0.4 is 4.90 Å². The first-order valence-electron chi connectivity index (χ1n) is 6.59. The van der Waals surface area contributed by atoms with Gasteiger partial charge >= 0.3 is 0 Å². The Labute approximate surface area is 101 Å². The summed E-state index contributed by atoms with van der Waals surface area (Å²) in [6.45, 7) is 9.23. The van der Waals surface area contributed by atoms with Crippen molar-refractivity contribution >= 4 is 0 Å². The average molecular weight is 222 g/mol. The summed E-state index contributed by atoms with van der Waals surface area (Å²) in [6, 6.07) is 10.5. The van der Waals surface area contributed by atoms with Crippen LogP contribution in [0.3, 0.4) is 0 Å². The van der Waals surface area contributed by atoms with E-state index in [1.807, 2.05) is 6.07 Å². The maximum atomic E-state index is 2.25. The molecule has 16 heavy (non-hydrogen) atoms. The molecule has 0 saturated heterocycles. The molecular weight excluding hydrogens is 194 g/mol. The average Bonchev–Trinajstić information content (AvgIpc) is 2.37. The molecule has 0 bridgehead atoms. The highest BCUT2D eigenvalue weighted by atomic mass is 15.1. The van der Waals surface area contributed by atoms with Gasteiger partial charge in [0.05, 0.1) is 20.1 Å². The first kappa shape index (κ1) is 15.2. The molecule has 1 heteroatoms. The van der Waals surface area contributed by atoms with Crippen LogP contribution in [0.25, 0.3) is 0 Å². The summed E-state index contributed by atoms with van der Waals surface area (Å²) in [4.78, 5) is 1.65. The molecule has 1 rings (SSSR count). The Bertz CT molecular complexity index is 230. The van der Waals surface area contributed by atoms with Gasteiger partial charge < -0.3 is 4.90 Å². The van der Waals surface area contributed by atoms with Crippen molar-refractivity contribution in [3.8, 4) is 0 Å². The third-order valence-electron chi connectivity index (χ3n) is 2.81. The van der Waals surface area contributed by atoms with Gasteiger partial charge in [-0.25, -0.2) is 0 Å². The second-order valence-corrected chi connectivity index (χ2v) is 4.25. The Morgan fingerprint density at radius 1 is 1.00 bits per heavy atom. The lowest BCUT2D eigenvalue weighted by Gasteiger charge is -2.08. The molecule has 1 aromatic carbocycles. The molecular formula is C15H28N+. The van der Waals surface area contributed by atoms with E-state index < -0.39 is 0 Å². The van der Waals surface area contributed by atoms with Crippen LogP contribution in [0.1, 0.15) is 39.2 Å². The largest absolute Gasteiger partial charge is 0.338 e. The van der Waals surface area contributed by atoms with Crippen LogP contribution in [-0.4, -0.2) is 20.1 Å². The molecule has 0 radical (unpaired) electrons. The van der Waals surface area contributed by atoms with Crippen molar-refractivity contribution in [2.75, 3.05) is 20.1 Å². The van der Waals surface area contributed by atoms with Gasteiger partial charge in [-0.15, -0.1) is 0 Å². The van der Waals surface area contributed by atoms with E-state index in [0.29, 0.717) is 0 Å². The van der Waals surface area contributed by atoms with Crippen LogP contribution in [0.2, 0.25) is 0 Å². The van der Waals surface area contributed by atoms with Crippen molar-refractivity contribution in [2.45, 2.75) is 40.0 Å². The van der Waals surface area contributed by atoms with E-state index in [0.717, 1.165) is 6.42 Å². The molecule has 0 heterocycles. The van der Waals surface area contributed by atoms with Crippen LogP contribution in [0.4, 0.5) is 0 Å². The molecule has 1 unspecified atom stereocenters. The van der Waals surface area contributed by atoms with Gasteiger partial charge in [-0.2, -0.15) is 0 Å². The Kier molecular flexibility index (Phi) is 10.1. The fourth-order valence-corrected chi connectivity index (χ4v) is 1.37. The Balaban J connectivity index is 0.000000281. The molecule has 0 aliphatic heterocycles. The second-order valence-electron chi connectivity index (χ2n) is 4.25. The molecule has 92 valence electrons. The Hall–Kier alpha value is -0.820. The zero-order valence-electron chi connectivity index (χ0n) is 11.4. The highest BCUT2D eigenvalue weighted by Crippen LogP contribution is 1.96. The smallest absolute Gasteiger partial charge is 0.0768 e. The van der Waals surface area contributed by atoms with Crippen LogP contribution >= 0.6 is 0 Å². The number of aryl methyl sites for hydroxylation is 1. The summed E-state index contributed by atoms with van der Waals surface area (Å²) in [7, 11) is 2.25. The van der Waals surface area contributed by atoms with E-state index in [1.54, 1.807) is 4.90 Å². The second kappa shape index (κ2) is 10.7. The summed E-state index contributed by atoms with van der Waals surface area (Å²) < 4.78 is 0. The molecule has 0 fully saturated rings. The summed E-state index contributed by atoms with van der Waals surface area (Å²) in [6.07, 6.45) is 3.85. The minimum absolute atomic E-state index is 1.14. The van der Waals surface area contributed by atoms with E-state index in [2.05, 4.69) is 52.1 Å². The van der Waals surface area contributed by atoms with Gasteiger partial charge in [-0.05, 0) is 25.3 Å². The summed E-state index contributed by atoms with van der Waals surface area (Å²) in [5.41, 5.74) is 1.41. The highest BCUT2D eigenvalue weighted by Gasteiger charge is 1.92. The van der Waals surface area contributed by atoms with Crippen LogP contribution in [0, 0.1) is 0 Å². The predicted molar refractivity (Wildman–Crippen MR) is 73.0 cm³/mol. The topological polar surface area (TPSA) is 4.44 Å². The number of quaternary nitrogens is 1. The fourth-order valence-electron chi connectivity index (χ4n) is 1.37. The lowest BCUT2D eigenvalue weighted by molar-refractivity contribution is -0.877. The van der Waals surface area contributed by atoms with Gasteiger partial charge in [-0.1, -0.05) is 50.6 Å². The number of rotatable bonds is 5. The van der Waals surface area contributed by atoms with Gasteiger partial charge in [0.15, 0.2) is 0 Å². The van der Waals surface area contributed by atoms with Gasteiger partial charge in [0, 0.05) is 0 Å². The molecule has 0 aromatic heterocycles. The van der Waals surface area contributed by atoms with Crippen molar-refractivity contribution in [3.05, 3.63) is 35.9 Å². The van der Waals surface area contributed by atoms with E-state index >= 15 is 0 Å². The zero-order valence-corrected chi connectivity index (χ0v) is 11.4. The van der Waals surface area contributed by atoms with E-state index in [-0.39, 0.29) is 0 Å². The lowest BCUT2D eigenvalue weighted by Crippen LogP contribution is -3.08. The maximum absolute atomic E-state index is 2.25. The third kappa shape index (κ3) is 8.49. The Morgan fingerprint density at radius 2 is 1.62 bits per heavy atom. The lowest BCUT2D eigenvalue weighted by atomic mass is 10.2. The van der Waals surface area contributed by atoms with Gasteiger partial charge in [0.2, 0.25) is 0 Å². The van der Waals surface area contributed by atoms with Crippen LogP contribution in [0.5, 0.6) is 0 Å². The van der Waals surface area contributed by atoms with Crippen molar-refractivity contribution < 1.29 is 4.90 Å². The molecule has 1 atom stereocenters. The monoisotopic (exact) mass is 222 g/mol. The van der Waals surface area contributed by atoms with Crippen molar-refractivity contribution in [3.63, 3.8) is 0 Å². The standard InChI is InChI=1S/C8H10.C7H17N/c1-2-8-6-4-3-5-7-8;1-4-6-7-8(3)5-2/h3-7H,2H2,1H3;4-7H2,1-3H3/p+1. The zero-order chi connectivity index (χ0) is 12.2. The molecule has 1 aromatic rings. The molecule has 0 aliphatic rings. The minimum Gasteiger partial charge on any atom is -0.338 e. The molecule has 1 N–H and O–H groups in total. The van der Waals surface area contributed by atoms with Gasteiger partial charge in [-0.3, -0.25) is 0 Å². The van der Waals surface area contributed by atoms with Gasteiger partial charge in [0.1, 0.15) is 0 Å². The van der Waals surface area contributed by atoms with Crippen molar-refractivity contribution in [1.82, 2.24) is 0 Å². The number of hydrogen-bond acceptors (Lipinski definition) is 0. The maximum Gasteiger partial charge on any atom is 0.0768 e. The molecule has 0 saturated carbocycles. The van der Waals surface area contributed by atoms with Crippen LogP contribution in [-0.2, 0) is 6.42 Å². The van der Waals surface area contributed by atoms with Crippen molar-refractivity contribution in [1.29, 1.82) is 0 Å². The van der Waals surface area contributed by atoms with E-state index in [1.165, 1.54) is 31.5 Å². The molecule has 0 amide bonds. The summed E-state index contributed by atoms with van der Waals surface area (Å²) in [5.74, 6) is 0. The number of unbranched alkanes of at least 4 members (excludes halogenated alkanes) is 1. The first-order chi connectivity index (χ1) is 7.74. The van der Waals surface area contributed by atoms with Crippen LogP contribution in [0.15, 0.2) is 30.3 Å². The third-order valence-corrected chi connectivity index (χ3v) is 2.81.